The zero-order valence-electron chi connectivity index (χ0n) is 12.8. The Balaban J connectivity index is 2.02. The molecule has 0 heterocycles. The average Bonchev–Trinajstić information content (AvgIpc) is 2.85. The van der Waals surface area contributed by atoms with Crippen molar-refractivity contribution < 1.29 is 4.79 Å². The minimum absolute atomic E-state index is 0.184. The average molecular weight is 274 g/mol. The third-order valence-corrected chi connectivity index (χ3v) is 4.36. The van der Waals surface area contributed by atoms with E-state index in [2.05, 4.69) is 43.5 Å². The molecule has 20 heavy (non-hydrogen) atoms. The summed E-state index contributed by atoms with van der Waals surface area (Å²) in [5, 5.41) is 6.48. The third kappa shape index (κ3) is 3.60. The molecule has 0 saturated heterocycles. The minimum atomic E-state index is 0.184. The van der Waals surface area contributed by atoms with Crippen LogP contribution >= 0.6 is 0 Å². The zero-order chi connectivity index (χ0) is 14.5. The van der Waals surface area contributed by atoms with Gasteiger partial charge in [0, 0.05) is 17.6 Å². The molecule has 1 saturated carbocycles. The molecule has 3 heteroatoms. The van der Waals surface area contributed by atoms with Crippen LogP contribution in [0.25, 0.3) is 0 Å². The maximum atomic E-state index is 12.3. The predicted octanol–water partition coefficient (Wildman–Crippen LogP) is 3.73. The lowest BCUT2D eigenvalue weighted by molar-refractivity contribution is -0.120. The molecule has 1 aliphatic carbocycles. The van der Waals surface area contributed by atoms with Gasteiger partial charge in [0.25, 0.3) is 0 Å². The Hall–Kier alpha value is -1.35. The highest BCUT2D eigenvalue weighted by Gasteiger charge is 2.29. The van der Waals surface area contributed by atoms with Crippen molar-refractivity contribution in [3.63, 3.8) is 0 Å². The lowest BCUT2D eigenvalue weighted by Crippen LogP contribution is -2.24. The topological polar surface area (TPSA) is 41.1 Å². The summed E-state index contributed by atoms with van der Waals surface area (Å²) in [7, 11) is 0. The van der Waals surface area contributed by atoms with Gasteiger partial charge in [-0.25, -0.2) is 0 Å². The first-order valence-electron chi connectivity index (χ1n) is 7.76. The van der Waals surface area contributed by atoms with E-state index in [1.165, 1.54) is 18.4 Å². The molecule has 1 fully saturated rings. The standard InChI is InChI=1S/C17H26N2O/c1-4-18-13(3)14-8-6-9-15(11-14)19-17(20)16-10-5-7-12(16)2/h6,8-9,11-13,16,18H,4-5,7,10H2,1-3H3,(H,19,20). The highest BCUT2D eigenvalue weighted by atomic mass is 16.1. The molecule has 0 aliphatic heterocycles. The third-order valence-electron chi connectivity index (χ3n) is 4.36. The fraction of sp³-hybridized carbons (Fsp3) is 0.588. The van der Waals surface area contributed by atoms with E-state index < -0.39 is 0 Å². The first-order valence-corrected chi connectivity index (χ1v) is 7.76. The van der Waals surface area contributed by atoms with Gasteiger partial charge in [-0.15, -0.1) is 0 Å². The Morgan fingerprint density at radius 3 is 2.85 bits per heavy atom. The number of benzene rings is 1. The molecule has 3 unspecified atom stereocenters. The van der Waals surface area contributed by atoms with Crippen molar-refractivity contribution in [2.24, 2.45) is 11.8 Å². The summed E-state index contributed by atoms with van der Waals surface area (Å²) in [5.41, 5.74) is 2.13. The van der Waals surface area contributed by atoms with Crippen LogP contribution < -0.4 is 10.6 Å². The van der Waals surface area contributed by atoms with Crippen LogP contribution in [-0.4, -0.2) is 12.5 Å². The van der Waals surface area contributed by atoms with Crippen molar-refractivity contribution in [2.75, 3.05) is 11.9 Å². The van der Waals surface area contributed by atoms with Crippen molar-refractivity contribution in [3.8, 4) is 0 Å². The summed E-state index contributed by atoms with van der Waals surface area (Å²) in [4.78, 5) is 12.3. The number of carbonyl (C=O) groups excluding carboxylic acids is 1. The number of rotatable bonds is 5. The molecular weight excluding hydrogens is 248 g/mol. The van der Waals surface area contributed by atoms with Gasteiger partial charge in [-0.1, -0.05) is 32.4 Å². The van der Waals surface area contributed by atoms with Crippen molar-refractivity contribution in [3.05, 3.63) is 29.8 Å². The molecule has 2 rings (SSSR count). The van der Waals surface area contributed by atoms with E-state index in [9.17, 15) is 4.79 Å². The molecule has 2 N–H and O–H groups in total. The Bertz CT molecular complexity index is 458. The molecule has 1 amide bonds. The van der Waals surface area contributed by atoms with Gasteiger partial charge in [0.15, 0.2) is 0 Å². The van der Waals surface area contributed by atoms with Gasteiger partial charge in [0.1, 0.15) is 0 Å². The van der Waals surface area contributed by atoms with E-state index in [0.717, 1.165) is 18.7 Å². The van der Waals surface area contributed by atoms with Gasteiger partial charge >= 0.3 is 0 Å². The summed E-state index contributed by atoms with van der Waals surface area (Å²) in [6.45, 7) is 7.37. The van der Waals surface area contributed by atoms with Gasteiger partial charge in [-0.05, 0) is 49.9 Å². The largest absolute Gasteiger partial charge is 0.326 e. The van der Waals surface area contributed by atoms with E-state index in [1.807, 2.05) is 12.1 Å². The lowest BCUT2D eigenvalue weighted by Gasteiger charge is -2.17. The van der Waals surface area contributed by atoms with E-state index in [-0.39, 0.29) is 11.8 Å². The maximum Gasteiger partial charge on any atom is 0.227 e. The van der Waals surface area contributed by atoms with Gasteiger partial charge < -0.3 is 10.6 Å². The highest BCUT2D eigenvalue weighted by molar-refractivity contribution is 5.92. The van der Waals surface area contributed by atoms with Crippen LogP contribution in [0.5, 0.6) is 0 Å². The second-order valence-corrected chi connectivity index (χ2v) is 5.91. The quantitative estimate of drug-likeness (QED) is 0.859. The summed E-state index contributed by atoms with van der Waals surface area (Å²) in [6.07, 6.45) is 3.38. The smallest absolute Gasteiger partial charge is 0.227 e. The normalized spacial score (nSPS) is 23.6. The number of hydrogen-bond donors (Lipinski definition) is 2. The van der Waals surface area contributed by atoms with Crippen LogP contribution in [0, 0.1) is 11.8 Å². The van der Waals surface area contributed by atoms with Gasteiger partial charge in [0.2, 0.25) is 5.91 Å². The molecule has 0 bridgehead atoms. The predicted molar refractivity (Wildman–Crippen MR) is 83.7 cm³/mol. The molecule has 0 radical (unpaired) electrons. The highest BCUT2D eigenvalue weighted by Crippen LogP contribution is 2.32. The lowest BCUT2D eigenvalue weighted by atomic mass is 9.97. The molecule has 0 aromatic heterocycles. The van der Waals surface area contributed by atoms with Crippen molar-refractivity contribution in [2.45, 2.75) is 46.1 Å². The Labute approximate surface area is 122 Å². The monoisotopic (exact) mass is 274 g/mol. The minimum Gasteiger partial charge on any atom is -0.326 e. The number of hydrogen-bond acceptors (Lipinski definition) is 2. The number of carbonyl (C=O) groups is 1. The first-order chi connectivity index (χ1) is 9.61. The molecule has 1 aliphatic rings. The Kier molecular flexibility index (Phi) is 5.18. The summed E-state index contributed by atoms with van der Waals surface area (Å²) in [6, 6.07) is 8.46. The second kappa shape index (κ2) is 6.89. The summed E-state index contributed by atoms with van der Waals surface area (Å²) < 4.78 is 0. The summed E-state index contributed by atoms with van der Waals surface area (Å²) in [5.74, 6) is 0.881. The first kappa shape index (κ1) is 15.0. The zero-order valence-corrected chi connectivity index (χ0v) is 12.8. The van der Waals surface area contributed by atoms with Gasteiger partial charge in [-0.3, -0.25) is 4.79 Å². The number of anilines is 1. The molecule has 3 nitrogen and oxygen atoms in total. The van der Waals surface area contributed by atoms with Gasteiger partial charge in [-0.2, -0.15) is 0 Å². The molecule has 0 spiro atoms. The number of nitrogens with one attached hydrogen (secondary N) is 2. The SMILES string of the molecule is CCNC(C)c1cccc(NC(=O)C2CCCC2C)c1. The van der Waals surface area contributed by atoms with E-state index >= 15 is 0 Å². The van der Waals surface area contributed by atoms with Crippen LogP contribution in [-0.2, 0) is 4.79 Å². The van der Waals surface area contributed by atoms with Gasteiger partial charge in [0.05, 0.1) is 0 Å². The van der Waals surface area contributed by atoms with E-state index in [1.54, 1.807) is 0 Å². The summed E-state index contributed by atoms with van der Waals surface area (Å²) >= 11 is 0. The van der Waals surface area contributed by atoms with Crippen LogP contribution in [0.3, 0.4) is 0 Å². The molecule has 1 aromatic carbocycles. The van der Waals surface area contributed by atoms with Crippen LogP contribution in [0.4, 0.5) is 5.69 Å². The fourth-order valence-corrected chi connectivity index (χ4v) is 3.08. The van der Waals surface area contributed by atoms with E-state index in [4.69, 9.17) is 0 Å². The fourth-order valence-electron chi connectivity index (χ4n) is 3.08. The van der Waals surface area contributed by atoms with Crippen LogP contribution in [0.2, 0.25) is 0 Å². The van der Waals surface area contributed by atoms with Crippen molar-refractivity contribution in [1.82, 2.24) is 5.32 Å². The maximum absolute atomic E-state index is 12.3. The second-order valence-electron chi connectivity index (χ2n) is 5.91. The van der Waals surface area contributed by atoms with Crippen molar-refractivity contribution in [1.29, 1.82) is 0 Å². The molecule has 3 atom stereocenters. The molecule has 1 aromatic rings. The molecule has 110 valence electrons. The van der Waals surface area contributed by atoms with Crippen LogP contribution in [0.15, 0.2) is 24.3 Å². The Morgan fingerprint density at radius 2 is 2.20 bits per heavy atom. The van der Waals surface area contributed by atoms with Crippen LogP contribution in [0.1, 0.15) is 51.6 Å². The van der Waals surface area contributed by atoms with E-state index in [0.29, 0.717) is 12.0 Å². The number of amides is 1. The Morgan fingerprint density at radius 1 is 1.40 bits per heavy atom. The van der Waals surface area contributed by atoms with Crippen molar-refractivity contribution >= 4 is 11.6 Å². The molecular formula is C17H26N2O.